The van der Waals surface area contributed by atoms with Crippen LogP contribution in [0.15, 0.2) is 180 Å². The lowest BCUT2D eigenvalue weighted by molar-refractivity contribution is 1.45. The fraction of sp³-hybridized carbons (Fsp3) is 0.0417. The number of benzene rings is 8. The van der Waals surface area contributed by atoms with Gasteiger partial charge in [0.1, 0.15) is 0 Å². The van der Waals surface area contributed by atoms with Crippen LogP contribution in [0, 0.1) is 0 Å². The summed E-state index contributed by atoms with van der Waals surface area (Å²) >= 11 is 3.60. The second-order valence-electron chi connectivity index (χ2n) is 12.5. The molecule has 0 saturated heterocycles. The Morgan fingerprint density at radius 1 is 0.320 bits per heavy atom. The van der Waals surface area contributed by atoms with Crippen LogP contribution in [0.3, 0.4) is 0 Å². The summed E-state index contributed by atoms with van der Waals surface area (Å²) in [5.41, 5.74) is 12.4. The van der Waals surface area contributed by atoms with Gasteiger partial charge >= 0.3 is 0 Å². The Hall–Kier alpha value is -5.28. The van der Waals surface area contributed by atoms with Crippen molar-refractivity contribution < 1.29 is 0 Å². The zero-order valence-corrected chi connectivity index (χ0v) is 29.8. The first-order valence-corrected chi connectivity index (χ1v) is 19.3. The van der Waals surface area contributed by atoms with Crippen LogP contribution in [0.4, 0.5) is 0 Å². The molecule has 8 aromatic carbocycles. The Balaban J connectivity index is 1.12. The van der Waals surface area contributed by atoms with Gasteiger partial charge in [0.25, 0.3) is 0 Å². The molecule has 0 fully saturated rings. The number of hydrogen-bond donors (Lipinski definition) is 0. The Labute approximate surface area is 303 Å². The van der Waals surface area contributed by atoms with Crippen molar-refractivity contribution in [2.75, 3.05) is 12.5 Å². The van der Waals surface area contributed by atoms with E-state index in [9.17, 15) is 0 Å². The van der Waals surface area contributed by atoms with Gasteiger partial charge in [0.05, 0.1) is 0 Å². The van der Waals surface area contributed by atoms with Crippen LogP contribution < -0.4 is 0 Å². The van der Waals surface area contributed by atoms with E-state index in [1.165, 1.54) is 87.0 Å². The third kappa shape index (κ3) is 6.41. The van der Waals surface area contributed by atoms with Gasteiger partial charge in [-0.05, 0) is 126 Å². The van der Waals surface area contributed by atoms with Gasteiger partial charge in [-0.3, -0.25) is 0 Å². The van der Waals surface area contributed by atoms with Crippen molar-refractivity contribution in [2.24, 2.45) is 0 Å². The summed E-state index contributed by atoms with van der Waals surface area (Å²) in [6, 6.07) is 61.8. The number of rotatable bonds is 8. The molecule has 2 heteroatoms. The van der Waals surface area contributed by atoms with Crippen molar-refractivity contribution in [2.45, 2.75) is 9.79 Å². The van der Waals surface area contributed by atoms with Crippen molar-refractivity contribution in [1.29, 1.82) is 0 Å². The maximum Gasteiger partial charge on any atom is 0.0148 e. The Kier molecular flexibility index (Phi) is 9.13. The molecule has 0 bridgehead atoms. The summed E-state index contributed by atoms with van der Waals surface area (Å²) < 4.78 is 0. The van der Waals surface area contributed by atoms with E-state index in [2.05, 4.69) is 195 Å². The normalized spacial score (nSPS) is 11.5. The van der Waals surface area contributed by atoms with Gasteiger partial charge in [0.2, 0.25) is 0 Å². The molecular formula is C48H36S2. The zero-order chi connectivity index (χ0) is 33.9. The molecule has 8 rings (SSSR count). The Bertz CT molecular complexity index is 2320. The van der Waals surface area contributed by atoms with Crippen LogP contribution in [0.5, 0.6) is 0 Å². The van der Waals surface area contributed by atoms with Gasteiger partial charge in [-0.25, -0.2) is 0 Å². The van der Waals surface area contributed by atoms with Crippen molar-refractivity contribution in [3.05, 3.63) is 181 Å². The van der Waals surface area contributed by atoms with E-state index in [1.54, 1.807) is 23.5 Å². The molecule has 0 N–H and O–H groups in total. The molecule has 0 aromatic heterocycles. The van der Waals surface area contributed by atoms with E-state index in [1.807, 2.05) is 0 Å². The molecule has 0 aliphatic carbocycles. The van der Waals surface area contributed by atoms with Crippen LogP contribution in [0.25, 0.3) is 78.2 Å². The quantitative estimate of drug-likeness (QED) is 0.116. The molecule has 0 nitrogen and oxygen atoms in total. The lowest BCUT2D eigenvalue weighted by atomic mass is 9.93. The Morgan fingerprint density at radius 2 is 0.680 bits per heavy atom. The number of thioether (sulfide) groups is 2. The van der Waals surface area contributed by atoms with Crippen molar-refractivity contribution in [3.8, 4) is 44.5 Å². The first-order chi connectivity index (χ1) is 24.7. The molecule has 0 spiro atoms. The largest absolute Gasteiger partial charge is 0.129 e. The second-order valence-corrected chi connectivity index (χ2v) is 14.2. The number of hydrogen-bond acceptors (Lipinski definition) is 2. The molecule has 240 valence electrons. The van der Waals surface area contributed by atoms with Crippen molar-refractivity contribution in [3.63, 3.8) is 0 Å². The van der Waals surface area contributed by atoms with Crippen LogP contribution in [-0.4, -0.2) is 12.5 Å². The topological polar surface area (TPSA) is 0 Å². The number of fused-ring (bicyclic) bond motifs is 2. The monoisotopic (exact) mass is 676 g/mol. The summed E-state index contributed by atoms with van der Waals surface area (Å²) in [5.74, 6) is 0. The van der Waals surface area contributed by atoms with E-state index in [4.69, 9.17) is 0 Å². The highest BCUT2D eigenvalue weighted by Gasteiger charge is 2.11. The lowest BCUT2D eigenvalue weighted by Gasteiger charge is -2.13. The van der Waals surface area contributed by atoms with E-state index in [-0.39, 0.29) is 0 Å². The standard InChI is InChI=1S/C48H36S2/c1-49-47-31-41-29-37(45-19-11-9-17-43(45)33-13-5-3-6-14-33)23-21-35(41)27-39(47)25-26-40-28-36-22-24-38(30-42(36)32-48(40)50-2)46-20-12-10-18-44(46)34-15-7-4-8-16-34/h3-32H,1-2H3/b26-25+. The van der Waals surface area contributed by atoms with Gasteiger partial charge < -0.3 is 0 Å². The average molecular weight is 677 g/mol. The zero-order valence-electron chi connectivity index (χ0n) is 28.1. The maximum absolute atomic E-state index is 2.35. The van der Waals surface area contributed by atoms with Crippen LogP contribution in [-0.2, 0) is 0 Å². The van der Waals surface area contributed by atoms with Crippen molar-refractivity contribution in [1.82, 2.24) is 0 Å². The van der Waals surface area contributed by atoms with Gasteiger partial charge in [-0.15, -0.1) is 23.5 Å². The minimum atomic E-state index is 1.24. The predicted molar refractivity (Wildman–Crippen MR) is 222 cm³/mol. The molecule has 50 heavy (non-hydrogen) atoms. The summed E-state index contributed by atoms with van der Waals surface area (Å²) in [7, 11) is 0. The molecule has 0 aliphatic rings. The fourth-order valence-electron chi connectivity index (χ4n) is 6.93. The second kappa shape index (κ2) is 14.3. The van der Waals surface area contributed by atoms with Gasteiger partial charge in [0, 0.05) is 9.79 Å². The summed E-state index contributed by atoms with van der Waals surface area (Å²) in [6.07, 6.45) is 8.92. The minimum Gasteiger partial charge on any atom is -0.129 e. The predicted octanol–water partition coefficient (Wildman–Crippen LogP) is 14.3. The van der Waals surface area contributed by atoms with Crippen LogP contribution in [0.1, 0.15) is 11.1 Å². The average Bonchev–Trinajstić information content (AvgIpc) is 3.19. The van der Waals surface area contributed by atoms with Gasteiger partial charge in [-0.1, -0.05) is 146 Å². The first-order valence-electron chi connectivity index (χ1n) is 16.9. The van der Waals surface area contributed by atoms with Crippen LogP contribution >= 0.6 is 23.5 Å². The molecule has 0 heterocycles. The highest BCUT2D eigenvalue weighted by Crippen LogP contribution is 2.38. The molecule has 0 saturated carbocycles. The molecule has 0 amide bonds. The molecular weight excluding hydrogens is 641 g/mol. The Morgan fingerprint density at radius 3 is 1.06 bits per heavy atom. The van der Waals surface area contributed by atoms with E-state index >= 15 is 0 Å². The first kappa shape index (κ1) is 32.0. The molecule has 0 radical (unpaired) electrons. The third-order valence-electron chi connectivity index (χ3n) is 9.47. The van der Waals surface area contributed by atoms with E-state index in [0.29, 0.717) is 0 Å². The summed E-state index contributed by atoms with van der Waals surface area (Å²) in [6.45, 7) is 0. The lowest BCUT2D eigenvalue weighted by Crippen LogP contribution is -1.88. The van der Waals surface area contributed by atoms with Crippen molar-refractivity contribution >= 4 is 57.2 Å². The smallest absolute Gasteiger partial charge is 0.0148 e. The SMILES string of the molecule is CSc1cc2cc(-c3ccccc3-c3ccccc3)ccc2cc1/C=C/c1cc2ccc(-c3ccccc3-c3ccccc3)cc2cc1SC. The molecule has 0 unspecified atom stereocenters. The molecule has 0 atom stereocenters. The van der Waals surface area contributed by atoms with Gasteiger partial charge in [-0.2, -0.15) is 0 Å². The summed E-state index contributed by atoms with van der Waals surface area (Å²) in [5, 5.41) is 5.00. The molecule has 8 aromatic rings. The fourth-order valence-corrected chi connectivity index (χ4v) is 8.14. The van der Waals surface area contributed by atoms with Gasteiger partial charge in [0.15, 0.2) is 0 Å². The minimum absolute atomic E-state index is 1.24. The summed E-state index contributed by atoms with van der Waals surface area (Å²) in [4.78, 5) is 2.55. The van der Waals surface area contributed by atoms with E-state index in [0.717, 1.165) is 0 Å². The van der Waals surface area contributed by atoms with Crippen LogP contribution in [0.2, 0.25) is 0 Å². The van der Waals surface area contributed by atoms with E-state index < -0.39 is 0 Å². The highest BCUT2D eigenvalue weighted by atomic mass is 32.2. The third-order valence-corrected chi connectivity index (χ3v) is 11.1. The maximum atomic E-state index is 2.35. The highest BCUT2D eigenvalue weighted by molar-refractivity contribution is 7.99. The molecule has 0 aliphatic heterocycles.